The molecule has 0 aromatic heterocycles. The van der Waals surface area contributed by atoms with Gasteiger partial charge in [0.2, 0.25) is 0 Å². The van der Waals surface area contributed by atoms with E-state index in [1.165, 1.54) is 0 Å². The Kier molecular flexibility index (Phi) is 3.31. The molecule has 0 saturated heterocycles. The molecule has 16 heavy (non-hydrogen) atoms. The predicted molar refractivity (Wildman–Crippen MR) is 65.3 cm³/mol. The maximum Gasteiger partial charge on any atom is 0.289 e. The van der Waals surface area contributed by atoms with E-state index in [1.807, 2.05) is 0 Å². The second kappa shape index (κ2) is 4.56. The van der Waals surface area contributed by atoms with Crippen molar-refractivity contribution in [3.05, 3.63) is 33.7 Å². The summed E-state index contributed by atoms with van der Waals surface area (Å²) < 4.78 is 11.2. The predicted octanol–water partition coefficient (Wildman–Crippen LogP) is 4.80. The van der Waals surface area contributed by atoms with Crippen molar-refractivity contribution in [3.63, 3.8) is 0 Å². The zero-order valence-corrected chi connectivity index (χ0v) is 10.7. The number of ether oxygens (including phenoxy) is 2. The van der Waals surface area contributed by atoms with Gasteiger partial charge in [-0.05, 0) is 12.8 Å². The minimum atomic E-state index is 0.472. The van der Waals surface area contributed by atoms with Crippen molar-refractivity contribution in [3.8, 4) is 11.5 Å². The molecule has 0 aliphatic carbocycles. The number of benzene rings is 1. The van der Waals surface area contributed by atoms with Crippen LogP contribution in [0, 0.1) is 0 Å². The molecule has 1 heterocycles. The molecule has 2 rings (SSSR count). The summed E-state index contributed by atoms with van der Waals surface area (Å²) in [5, 5.41) is 0.944. The van der Waals surface area contributed by atoms with E-state index < -0.39 is 0 Å². The van der Waals surface area contributed by atoms with Crippen molar-refractivity contribution >= 4 is 23.2 Å². The summed E-state index contributed by atoms with van der Waals surface area (Å²) in [5.74, 6) is 1.82. The Morgan fingerprint density at radius 2 is 1.44 bits per heavy atom. The van der Waals surface area contributed by atoms with E-state index in [9.17, 15) is 0 Å². The molecule has 0 atom stereocenters. The third-order valence-corrected chi connectivity index (χ3v) is 3.26. The number of halogens is 2. The zero-order valence-electron chi connectivity index (χ0n) is 9.14. The summed E-state index contributed by atoms with van der Waals surface area (Å²) in [5.41, 5.74) is 1.14. The highest BCUT2D eigenvalue weighted by molar-refractivity contribution is 6.42. The van der Waals surface area contributed by atoms with Gasteiger partial charge in [0.1, 0.15) is 0 Å². The van der Waals surface area contributed by atoms with Crippen LogP contribution >= 0.6 is 23.2 Å². The number of hydrogen-bond acceptors (Lipinski definition) is 2. The van der Waals surface area contributed by atoms with Crippen molar-refractivity contribution in [2.45, 2.75) is 26.7 Å². The summed E-state index contributed by atoms with van der Waals surface area (Å²) >= 11 is 11.8. The zero-order chi connectivity index (χ0) is 11.7. The van der Waals surface area contributed by atoms with Crippen LogP contribution in [0.4, 0.5) is 0 Å². The van der Waals surface area contributed by atoms with Crippen LogP contribution in [0.2, 0.25) is 10.0 Å². The van der Waals surface area contributed by atoms with E-state index >= 15 is 0 Å². The van der Waals surface area contributed by atoms with Crippen LogP contribution in [0.15, 0.2) is 23.7 Å². The smallest absolute Gasteiger partial charge is 0.289 e. The lowest BCUT2D eigenvalue weighted by molar-refractivity contribution is 0.276. The van der Waals surface area contributed by atoms with E-state index in [0.29, 0.717) is 27.5 Å². The van der Waals surface area contributed by atoms with Gasteiger partial charge in [-0.3, -0.25) is 0 Å². The van der Waals surface area contributed by atoms with Crippen molar-refractivity contribution < 1.29 is 9.47 Å². The Morgan fingerprint density at radius 1 is 1.00 bits per heavy atom. The molecule has 0 radical (unpaired) electrons. The molecule has 4 heteroatoms. The number of allylic oxidation sites excluding steroid dienone is 1. The third-order valence-electron chi connectivity index (χ3n) is 2.53. The van der Waals surface area contributed by atoms with E-state index in [-0.39, 0.29) is 0 Å². The summed E-state index contributed by atoms with van der Waals surface area (Å²) in [6, 6.07) is 3.35. The van der Waals surface area contributed by atoms with Crippen molar-refractivity contribution in [1.82, 2.24) is 0 Å². The lowest BCUT2D eigenvalue weighted by atomic mass is 10.2. The summed E-state index contributed by atoms with van der Waals surface area (Å²) in [4.78, 5) is 0. The van der Waals surface area contributed by atoms with Gasteiger partial charge in [0.15, 0.2) is 11.5 Å². The van der Waals surface area contributed by atoms with Crippen LogP contribution in [-0.4, -0.2) is 0 Å². The van der Waals surface area contributed by atoms with E-state index in [4.69, 9.17) is 32.7 Å². The first-order valence-electron chi connectivity index (χ1n) is 5.22. The molecule has 0 fully saturated rings. The third kappa shape index (κ3) is 2.00. The van der Waals surface area contributed by atoms with Gasteiger partial charge < -0.3 is 9.47 Å². The van der Waals surface area contributed by atoms with Crippen LogP contribution in [0.5, 0.6) is 11.5 Å². The van der Waals surface area contributed by atoms with E-state index in [0.717, 1.165) is 18.4 Å². The maximum atomic E-state index is 5.90. The molecule has 0 N–H and O–H groups in total. The Labute approximate surface area is 105 Å². The molecule has 0 saturated carbocycles. The van der Waals surface area contributed by atoms with Gasteiger partial charge in [0.05, 0.1) is 10.0 Å². The molecule has 1 aliphatic heterocycles. The molecule has 2 nitrogen and oxygen atoms in total. The van der Waals surface area contributed by atoms with Gasteiger partial charge in [-0.25, -0.2) is 0 Å². The van der Waals surface area contributed by atoms with Gasteiger partial charge in [-0.2, -0.15) is 0 Å². The highest BCUT2D eigenvalue weighted by atomic mass is 35.5. The Morgan fingerprint density at radius 3 is 1.81 bits per heavy atom. The molecule has 0 bridgehead atoms. The first-order chi connectivity index (χ1) is 7.65. The van der Waals surface area contributed by atoms with Gasteiger partial charge in [-0.15, -0.1) is 0 Å². The van der Waals surface area contributed by atoms with E-state index in [1.54, 1.807) is 12.1 Å². The fourth-order valence-electron chi connectivity index (χ4n) is 1.57. The van der Waals surface area contributed by atoms with Gasteiger partial charge in [-0.1, -0.05) is 37.0 Å². The van der Waals surface area contributed by atoms with Crippen LogP contribution in [0.25, 0.3) is 0 Å². The van der Waals surface area contributed by atoms with Crippen LogP contribution in [0.3, 0.4) is 0 Å². The van der Waals surface area contributed by atoms with Gasteiger partial charge in [0, 0.05) is 17.7 Å². The van der Waals surface area contributed by atoms with E-state index in [2.05, 4.69) is 13.8 Å². The fourth-order valence-corrected chi connectivity index (χ4v) is 1.88. The molecule has 1 aromatic carbocycles. The monoisotopic (exact) mass is 258 g/mol. The first kappa shape index (κ1) is 11.6. The van der Waals surface area contributed by atoms with Crippen LogP contribution in [0.1, 0.15) is 26.7 Å². The lowest BCUT2D eigenvalue weighted by Gasteiger charge is -2.03. The summed E-state index contributed by atoms with van der Waals surface area (Å²) in [7, 11) is 0. The number of hydrogen-bond donors (Lipinski definition) is 0. The second-order valence-corrected chi connectivity index (χ2v) is 4.33. The minimum Gasteiger partial charge on any atom is -0.422 e. The van der Waals surface area contributed by atoms with Crippen molar-refractivity contribution in [2.75, 3.05) is 0 Å². The van der Waals surface area contributed by atoms with Gasteiger partial charge >= 0.3 is 0 Å². The van der Waals surface area contributed by atoms with Crippen molar-refractivity contribution in [1.29, 1.82) is 0 Å². The first-order valence-corrected chi connectivity index (χ1v) is 5.98. The highest BCUT2D eigenvalue weighted by Gasteiger charge is 2.23. The Hall–Kier alpha value is -0.860. The SMILES string of the molecule is CCC(CC)=C1Oc2cc(Cl)c(Cl)cc2O1. The molecule has 0 spiro atoms. The van der Waals surface area contributed by atoms with Crippen LogP contribution in [-0.2, 0) is 0 Å². The standard InChI is InChI=1S/C12H12Cl2O2/c1-3-7(4-2)12-15-10-5-8(13)9(14)6-11(10)16-12/h5-6H,3-4H2,1-2H3. The quantitative estimate of drug-likeness (QED) is 0.759. The Balaban J connectivity index is 2.38. The Bertz CT molecular complexity index is 414. The maximum absolute atomic E-state index is 5.90. The molecular formula is C12H12Cl2O2. The molecule has 1 aliphatic rings. The summed E-state index contributed by atoms with van der Waals surface area (Å²) in [6.45, 7) is 4.14. The molecule has 0 unspecified atom stereocenters. The largest absolute Gasteiger partial charge is 0.422 e. The number of rotatable bonds is 2. The topological polar surface area (TPSA) is 18.5 Å². The number of fused-ring (bicyclic) bond motifs is 1. The highest BCUT2D eigenvalue weighted by Crippen LogP contribution is 2.42. The average molecular weight is 259 g/mol. The average Bonchev–Trinajstić information content (AvgIpc) is 2.63. The van der Waals surface area contributed by atoms with Crippen molar-refractivity contribution in [2.24, 2.45) is 0 Å². The summed E-state index contributed by atoms with van der Waals surface area (Å²) in [6.07, 6.45) is 1.81. The molecule has 0 amide bonds. The lowest BCUT2D eigenvalue weighted by Crippen LogP contribution is -1.99. The fraction of sp³-hybridized carbons (Fsp3) is 0.333. The molecule has 86 valence electrons. The second-order valence-electron chi connectivity index (χ2n) is 3.52. The van der Waals surface area contributed by atoms with Crippen LogP contribution < -0.4 is 9.47 Å². The minimum absolute atomic E-state index is 0.472. The normalized spacial score (nSPS) is 13.1. The molecule has 1 aromatic rings. The van der Waals surface area contributed by atoms with Gasteiger partial charge in [0.25, 0.3) is 5.95 Å². The molecular weight excluding hydrogens is 247 g/mol.